The van der Waals surface area contributed by atoms with Crippen molar-refractivity contribution in [2.24, 2.45) is 0 Å². The highest BCUT2D eigenvalue weighted by atomic mass is 35.5. The largest absolute Gasteiger partial charge is 0.430 e. The Morgan fingerprint density at radius 2 is 1.92 bits per heavy atom. The summed E-state index contributed by atoms with van der Waals surface area (Å²) in [5.41, 5.74) is 3.29. The number of hydrogen-bond donors (Lipinski definition) is 0. The summed E-state index contributed by atoms with van der Waals surface area (Å²) < 4.78 is 7.14. The van der Waals surface area contributed by atoms with E-state index in [1.165, 1.54) is 10.9 Å². The molecule has 0 N–H and O–H groups in total. The molecule has 0 saturated heterocycles. The maximum Gasteiger partial charge on any atom is 0.297 e. The van der Waals surface area contributed by atoms with Crippen LogP contribution >= 0.6 is 23.2 Å². The maximum atomic E-state index is 12.8. The van der Waals surface area contributed by atoms with E-state index >= 15 is 0 Å². The van der Waals surface area contributed by atoms with Crippen molar-refractivity contribution in [3.8, 4) is 0 Å². The molecule has 0 aliphatic rings. The van der Waals surface area contributed by atoms with Crippen LogP contribution in [0.25, 0.3) is 22.2 Å². The van der Waals surface area contributed by atoms with E-state index in [1.807, 2.05) is 19.9 Å². The van der Waals surface area contributed by atoms with Crippen LogP contribution in [0, 0.1) is 13.8 Å². The van der Waals surface area contributed by atoms with Crippen molar-refractivity contribution in [3.05, 3.63) is 67.8 Å². The second-order valence-corrected chi connectivity index (χ2v) is 6.73. The average molecular weight is 374 g/mol. The number of rotatable bonds is 2. The molecule has 0 aliphatic carbocycles. The van der Waals surface area contributed by atoms with Gasteiger partial charge in [0, 0.05) is 21.3 Å². The number of hydrogen-bond acceptors (Lipinski definition) is 4. The molecule has 0 bridgehead atoms. The summed E-state index contributed by atoms with van der Waals surface area (Å²) in [6, 6.07) is 7.16. The lowest BCUT2D eigenvalue weighted by Crippen LogP contribution is -2.20. The summed E-state index contributed by atoms with van der Waals surface area (Å²) in [5.74, 6) is 0. The minimum atomic E-state index is -0.295. The van der Waals surface area contributed by atoms with E-state index in [2.05, 4.69) is 9.97 Å². The minimum Gasteiger partial charge on any atom is -0.430 e. The molecule has 4 rings (SSSR count). The molecule has 25 heavy (non-hydrogen) atoms. The molecule has 4 aromatic rings. The van der Waals surface area contributed by atoms with Crippen LogP contribution in [0.4, 0.5) is 0 Å². The molecule has 3 heterocycles. The molecular formula is C18H13Cl2N3O2. The molecule has 126 valence electrons. The number of aromatic nitrogens is 3. The summed E-state index contributed by atoms with van der Waals surface area (Å²) >= 11 is 12.4. The molecule has 1 aromatic carbocycles. The fourth-order valence-corrected chi connectivity index (χ4v) is 3.48. The van der Waals surface area contributed by atoms with Crippen molar-refractivity contribution in [2.75, 3.05) is 0 Å². The summed E-state index contributed by atoms with van der Waals surface area (Å²) in [4.78, 5) is 21.6. The molecule has 7 heteroatoms. The molecule has 0 aliphatic heterocycles. The number of furan rings is 1. The number of nitrogens with zero attached hydrogens (tertiary/aromatic N) is 3. The van der Waals surface area contributed by atoms with Crippen molar-refractivity contribution in [1.29, 1.82) is 0 Å². The van der Waals surface area contributed by atoms with Gasteiger partial charge in [-0.05, 0) is 37.6 Å². The van der Waals surface area contributed by atoms with Gasteiger partial charge in [0.15, 0.2) is 0 Å². The van der Waals surface area contributed by atoms with Crippen LogP contribution in [-0.2, 0) is 6.54 Å². The summed E-state index contributed by atoms with van der Waals surface area (Å²) in [5, 5.41) is 1.76. The third kappa shape index (κ3) is 2.60. The van der Waals surface area contributed by atoms with Gasteiger partial charge in [0.25, 0.3) is 5.56 Å². The number of aryl methyl sites for hydroxylation is 2. The molecule has 0 amide bonds. The molecule has 3 aromatic heterocycles. The minimum absolute atomic E-state index is 0.182. The lowest BCUT2D eigenvalue weighted by atomic mass is 10.1. The third-order valence-corrected chi connectivity index (χ3v) is 4.84. The van der Waals surface area contributed by atoms with E-state index in [0.29, 0.717) is 26.8 Å². The molecular weight excluding hydrogens is 361 g/mol. The highest BCUT2D eigenvalue weighted by Gasteiger charge is 2.17. The van der Waals surface area contributed by atoms with Gasteiger partial charge >= 0.3 is 0 Å². The summed E-state index contributed by atoms with van der Waals surface area (Å²) in [6.45, 7) is 4.04. The molecule has 0 spiro atoms. The Balaban J connectivity index is 1.93. The van der Waals surface area contributed by atoms with Gasteiger partial charge in [0.1, 0.15) is 5.52 Å². The Morgan fingerprint density at radius 1 is 1.20 bits per heavy atom. The van der Waals surface area contributed by atoms with Crippen LogP contribution in [-0.4, -0.2) is 14.5 Å². The topological polar surface area (TPSA) is 60.9 Å². The van der Waals surface area contributed by atoms with E-state index in [9.17, 15) is 4.79 Å². The Kier molecular flexibility index (Phi) is 3.78. The van der Waals surface area contributed by atoms with Crippen LogP contribution in [0.15, 0.2) is 39.8 Å². The van der Waals surface area contributed by atoms with Crippen LogP contribution in [0.5, 0.6) is 0 Å². The van der Waals surface area contributed by atoms with Gasteiger partial charge in [-0.3, -0.25) is 9.36 Å². The van der Waals surface area contributed by atoms with Crippen molar-refractivity contribution >= 4 is 45.4 Å². The lowest BCUT2D eigenvalue weighted by molar-refractivity contribution is 0.630. The Bertz CT molecular complexity index is 1170. The first kappa shape index (κ1) is 16.1. The zero-order valence-electron chi connectivity index (χ0n) is 13.5. The predicted molar refractivity (Wildman–Crippen MR) is 98.6 cm³/mol. The third-order valence-electron chi connectivity index (χ3n) is 4.13. The monoisotopic (exact) mass is 373 g/mol. The first-order valence-electron chi connectivity index (χ1n) is 7.64. The Hall–Kier alpha value is -2.37. The number of benzene rings is 1. The van der Waals surface area contributed by atoms with Gasteiger partial charge in [-0.25, -0.2) is 9.97 Å². The number of pyridine rings is 1. The summed E-state index contributed by atoms with van der Waals surface area (Å²) in [7, 11) is 0. The van der Waals surface area contributed by atoms with Crippen molar-refractivity contribution in [3.63, 3.8) is 0 Å². The smallest absolute Gasteiger partial charge is 0.297 e. The predicted octanol–water partition coefficient (Wildman–Crippen LogP) is 4.51. The molecule has 0 radical (unpaired) electrons. The van der Waals surface area contributed by atoms with Gasteiger partial charge < -0.3 is 4.42 Å². The van der Waals surface area contributed by atoms with Crippen LogP contribution in [0.2, 0.25) is 10.0 Å². The normalized spacial score (nSPS) is 11.5. The van der Waals surface area contributed by atoms with Crippen LogP contribution < -0.4 is 5.56 Å². The van der Waals surface area contributed by atoms with Crippen molar-refractivity contribution in [1.82, 2.24) is 14.5 Å². The van der Waals surface area contributed by atoms with E-state index < -0.39 is 0 Å². The van der Waals surface area contributed by atoms with Crippen molar-refractivity contribution < 1.29 is 4.42 Å². The van der Waals surface area contributed by atoms with Gasteiger partial charge in [0.05, 0.1) is 18.3 Å². The number of halogens is 2. The first-order valence-corrected chi connectivity index (χ1v) is 8.40. The van der Waals surface area contributed by atoms with Gasteiger partial charge in [-0.2, -0.15) is 0 Å². The zero-order chi connectivity index (χ0) is 17.7. The Morgan fingerprint density at radius 3 is 2.64 bits per heavy atom. The van der Waals surface area contributed by atoms with Crippen LogP contribution in [0.3, 0.4) is 0 Å². The highest BCUT2D eigenvalue weighted by Crippen LogP contribution is 2.28. The van der Waals surface area contributed by atoms with Crippen molar-refractivity contribution in [2.45, 2.75) is 20.4 Å². The van der Waals surface area contributed by atoms with Gasteiger partial charge in [0.2, 0.25) is 11.3 Å². The second kappa shape index (κ2) is 5.86. The maximum absolute atomic E-state index is 12.8. The lowest BCUT2D eigenvalue weighted by Gasteiger charge is -2.08. The fraction of sp³-hybridized carbons (Fsp3) is 0.167. The zero-order valence-corrected chi connectivity index (χ0v) is 15.0. The van der Waals surface area contributed by atoms with Crippen LogP contribution in [0.1, 0.15) is 16.8 Å². The number of fused-ring (bicyclic) bond motifs is 3. The molecule has 0 fully saturated rings. The SMILES string of the molecule is Cc1cc(C)c2c(n1)oc1c(=O)n(Cc3c(Cl)cccc3Cl)cnc12. The van der Waals surface area contributed by atoms with E-state index in [4.69, 9.17) is 27.6 Å². The first-order chi connectivity index (χ1) is 12.0. The van der Waals surface area contributed by atoms with E-state index in [1.54, 1.807) is 18.2 Å². The molecule has 0 saturated carbocycles. The standard InChI is InChI=1S/C18H13Cl2N3O2/c1-9-6-10(2)22-17-14(9)15-16(25-17)18(24)23(8-21-15)7-11-12(19)4-3-5-13(11)20/h3-6,8H,7H2,1-2H3. The quantitative estimate of drug-likeness (QED) is 0.518. The fourth-order valence-electron chi connectivity index (χ4n) is 2.97. The van der Waals surface area contributed by atoms with E-state index in [0.717, 1.165) is 16.6 Å². The van der Waals surface area contributed by atoms with E-state index in [-0.39, 0.29) is 17.7 Å². The molecule has 5 nitrogen and oxygen atoms in total. The van der Waals surface area contributed by atoms with Gasteiger partial charge in [-0.15, -0.1) is 0 Å². The molecule has 0 atom stereocenters. The Labute approximate surface area is 152 Å². The second-order valence-electron chi connectivity index (χ2n) is 5.92. The molecule has 0 unspecified atom stereocenters. The summed E-state index contributed by atoms with van der Waals surface area (Å²) in [6.07, 6.45) is 1.48. The van der Waals surface area contributed by atoms with Gasteiger partial charge in [-0.1, -0.05) is 29.3 Å². The average Bonchev–Trinajstić information content (AvgIpc) is 2.92. The highest BCUT2D eigenvalue weighted by molar-refractivity contribution is 6.36.